The maximum Gasteiger partial charge on any atom is 0.305 e. The summed E-state index contributed by atoms with van der Waals surface area (Å²) in [6.07, 6.45) is 2.97. The maximum atomic E-state index is 12.4. The molecule has 6 heteroatoms. The molecule has 2 aliphatic carbocycles. The zero-order valence-corrected chi connectivity index (χ0v) is 13.3. The summed E-state index contributed by atoms with van der Waals surface area (Å²) in [5.74, 6) is 0.151. The second-order valence-corrected chi connectivity index (χ2v) is 6.39. The van der Waals surface area contributed by atoms with Crippen LogP contribution in [0.2, 0.25) is 0 Å². The molecule has 1 aromatic carbocycles. The average molecular weight is 319 g/mol. The van der Waals surface area contributed by atoms with E-state index < -0.39 is 12.0 Å². The summed E-state index contributed by atoms with van der Waals surface area (Å²) < 4.78 is 10.5. The van der Waals surface area contributed by atoms with Gasteiger partial charge in [0.05, 0.1) is 26.7 Å². The predicted octanol–water partition coefficient (Wildman–Crippen LogP) is 2.14. The van der Waals surface area contributed by atoms with Gasteiger partial charge in [0.2, 0.25) is 5.91 Å². The van der Waals surface area contributed by atoms with E-state index in [0.29, 0.717) is 17.1 Å². The van der Waals surface area contributed by atoms with Gasteiger partial charge in [-0.3, -0.25) is 9.59 Å². The number of carbonyl (C=O) groups excluding carboxylic acids is 1. The summed E-state index contributed by atoms with van der Waals surface area (Å²) in [6, 6.07) is 4.55. The standard InChI is InChI=1S/C17H21NO5/c1-22-10-3-4-11(14(7-10)23-2)13(8-15(19)20)18-16(21)12-9-17(12)5-6-17/h3-4,7,12-13H,5-6,8-9H2,1-2H3,(H,18,21)(H,19,20). The van der Waals surface area contributed by atoms with Crippen molar-refractivity contribution < 1.29 is 24.2 Å². The van der Waals surface area contributed by atoms with Gasteiger partial charge >= 0.3 is 5.97 Å². The number of carbonyl (C=O) groups is 2. The zero-order valence-electron chi connectivity index (χ0n) is 13.3. The highest BCUT2D eigenvalue weighted by atomic mass is 16.5. The molecule has 3 rings (SSSR count). The predicted molar refractivity (Wildman–Crippen MR) is 82.5 cm³/mol. The third kappa shape index (κ3) is 3.11. The number of rotatable bonds is 7. The van der Waals surface area contributed by atoms with Crippen molar-refractivity contribution in [2.75, 3.05) is 14.2 Å². The molecule has 2 aliphatic rings. The van der Waals surface area contributed by atoms with Crippen molar-refractivity contribution in [1.29, 1.82) is 0 Å². The number of benzene rings is 1. The number of hydrogen-bond donors (Lipinski definition) is 2. The number of nitrogens with one attached hydrogen (secondary N) is 1. The molecule has 1 aromatic rings. The monoisotopic (exact) mass is 319 g/mol. The molecule has 2 saturated carbocycles. The molecule has 23 heavy (non-hydrogen) atoms. The van der Waals surface area contributed by atoms with Crippen LogP contribution in [0.5, 0.6) is 11.5 Å². The van der Waals surface area contributed by atoms with Gasteiger partial charge in [-0.2, -0.15) is 0 Å². The Morgan fingerprint density at radius 2 is 2.09 bits per heavy atom. The van der Waals surface area contributed by atoms with E-state index >= 15 is 0 Å². The smallest absolute Gasteiger partial charge is 0.305 e. The van der Waals surface area contributed by atoms with Crippen molar-refractivity contribution in [2.24, 2.45) is 11.3 Å². The van der Waals surface area contributed by atoms with Gasteiger partial charge in [0, 0.05) is 17.5 Å². The van der Waals surface area contributed by atoms with Crippen LogP contribution in [0, 0.1) is 11.3 Å². The van der Waals surface area contributed by atoms with Crippen molar-refractivity contribution in [2.45, 2.75) is 31.7 Å². The molecule has 1 amide bonds. The first-order valence-electron chi connectivity index (χ1n) is 7.73. The minimum absolute atomic E-state index is 0.0445. The molecule has 0 aromatic heterocycles. The molecule has 0 aliphatic heterocycles. The summed E-state index contributed by atoms with van der Waals surface area (Å²) >= 11 is 0. The number of amides is 1. The van der Waals surface area contributed by atoms with Gasteiger partial charge in [0.1, 0.15) is 11.5 Å². The number of ether oxygens (including phenoxy) is 2. The second-order valence-electron chi connectivity index (χ2n) is 6.39. The quantitative estimate of drug-likeness (QED) is 0.804. The summed E-state index contributed by atoms with van der Waals surface area (Å²) in [7, 11) is 3.06. The average Bonchev–Trinajstić information content (AvgIpc) is 3.45. The molecular weight excluding hydrogens is 298 g/mol. The lowest BCUT2D eigenvalue weighted by atomic mass is 10.0. The fourth-order valence-corrected chi connectivity index (χ4v) is 3.22. The Labute approximate surface area is 134 Å². The van der Waals surface area contributed by atoms with E-state index in [-0.39, 0.29) is 23.7 Å². The number of carboxylic acid groups (broad SMARTS) is 1. The van der Waals surface area contributed by atoms with Crippen LogP contribution in [0.1, 0.15) is 37.3 Å². The summed E-state index contributed by atoms with van der Waals surface area (Å²) in [6.45, 7) is 0. The Balaban J connectivity index is 1.80. The van der Waals surface area contributed by atoms with Gasteiger partial charge in [0.15, 0.2) is 0 Å². The van der Waals surface area contributed by atoms with E-state index in [2.05, 4.69) is 5.32 Å². The lowest BCUT2D eigenvalue weighted by molar-refractivity contribution is -0.137. The fourth-order valence-electron chi connectivity index (χ4n) is 3.22. The third-order valence-corrected chi connectivity index (χ3v) is 4.91. The molecule has 0 heterocycles. The van der Waals surface area contributed by atoms with Gasteiger partial charge in [-0.15, -0.1) is 0 Å². The van der Waals surface area contributed by atoms with E-state index in [1.54, 1.807) is 25.3 Å². The molecule has 0 bridgehead atoms. The molecule has 2 unspecified atom stereocenters. The fraction of sp³-hybridized carbons (Fsp3) is 0.529. The molecular formula is C17H21NO5. The van der Waals surface area contributed by atoms with Gasteiger partial charge < -0.3 is 19.9 Å². The topological polar surface area (TPSA) is 84.9 Å². The van der Waals surface area contributed by atoms with Crippen LogP contribution >= 0.6 is 0 Å². The highest BCUT2D eigenvalue weighted by Gasteiger charge is 2.65. The van der Waals surface area contributed by atoms with Crippen LogP contribution in [-0.4, -0.2) is 31.2 Å². The highest BCUT2D eigenvalue weighted by Crippen LogP contribution is 2.70. The Morgan fingerprint density at radius 1 is 1.35 bits per heavy atom. The van der Waals surface area contributed by atoms with Crippen molar-refractivity contribution >= 4 is 11.9 Å². The second kappa shape index (κ2) is 5.76. The Bertz CT molecular complexity index is 638. The van der Waals surface area contributed by atoms with Crippen LogP contribution in [0.3, 0.4) is 0 Å². The van der Waals surface area contributed by atoms with E-state index in [1.807, 2.05) is 0 Å². The molecule has 2 fully saturated rings. The zero-order chi connectivity index (χ0) is 16.6. The SMILES string of the molecule is COc1ccc(C(CC(=O)O)NC(=O)C2CC23CC3)c(OC)c1. The van der Waals surface area contributed by atoms with Crippen molar-refractivity contribution in [3.05, 3.63) is 23.8 Å². The van der Waals surface area contributed by atoms with Crippen molar-refractivity contribution in [3.8, 4) is 11.5 Å². The summed E-state index contributed by atoms with van der Waals surface area (Å²) in [5, 5.41) is 12.1. The van der Waals surface area contributed by atoms with Gasteiger partial charge in [-0.05, 0) is 36.8 Å². The normalized spacial score (nSPS) is 21.4. The molecule has 0 radical (unpaired) electrons. The van der Waals surface area contributed by atoms with Crippen LogP contribution in [0.25, 0.3) is 0 Å². The minimum atomic E-state index is -0.967. The molecule has 124 valence electrons. The summed E-state index contributed by atoms with van der Waals surface area (Å²) in [4.78, 5) is 23.6. The van der Waals surface area contributed by atoms with Crippen LogP contribution in [-0.2, 0) is 9.59 Å². The van der Waals surface area contributed by atoms with Crippen molar-refractivity contribution in [3.63, 3.8) is 0 Å². The van der Waals surface area contributed by atoms with Crippen LogP contribution in [0.15, 0.2) is 18.2 Å². The highest BCUT2D eigenvalue weighted by molar-refractivity contribution is 5.84. The number of methoxy groups -OCH3 is 2. The summed E-state index contributed by atoms with van der Waals surface area (Å²) in [5.41, 5.74) is 0.886. The van der Waals surface area contributed by atoms with E-state index in [9.17, 15) is 14.7 Å². The third-order valence-electron chi connectivity index (χ3n) is 4.91. The van der Waals surface area contributed by atoms with Crippen LogP contribution < -0.4 is 14.8 Å². The minimum Gasteiger partial charge on any atom is -0.497 e. The Kier molecular flexibility index (Phi) is 3.92. The van der Waals surface area contributed by atoms with Crippen LogP contribution in [0.4, 0.5) is 0 Å². The Morgan fingerprint density at radius 3 is 2.61 bits per heavy atom. The lowest BCUT2D eigenvalue weighted by Crippen LogP contribution is -2.32. The molecule has 1 spiro atoms. The molecule has 6 nitrogen and oxygen atoms in total. The van der Waals surface area contributed by atoms with E-state index in [0.717, 1.165) is 19.3 Å². The van der Waals surface area contributed by atoms with Gasteiger partial charge in [-0.25, -0.2) is 0 Å². The van der Waals surface area contributed by atoms with Gasteiger partial charge in [-0.1, -0.05) is 0 Å². The van der Waals surface area contributed by atoms with E-state index in [4.69, 9.17) is 9.47 Å². The molecule has 0 saturated heterocycles. The first-order valence-corrected chi connectivity index (χ1v) is 7.73. The first-order chi connectivity index (χ1) is 11.0. The number of hydrogen-bond acceptors (Lipinski definition) is 4. The molecule has 2 N–H and O–H groups in total. The number of carboxylic acids is 1. The largest absolute Gasteiger partial charge is 0.497 e. The van der Waals surface area contributed by atoms with E-state index in [1.165, 1.54) is 7.11 Å². The number of aliphatic carboxylic acids is 1. The van der Waals surface area contributed by atoms with Gasteiger partial charge in [0.25, 0.3) is 0 Å². The van der Waals surface area contributed by atoms with Crippen molar-refractivity contribution in [1.82, 2.24) is 5.32 Å². The maximum absolute atomic E-state index is 12.4. The first kappa shape index (κ1) is 15.6. The molecule has 2 atom stereocenters. The lowest BCUT2D eigenvalue weighted by Gasteiger charge is -2.20. The Hall–Kier alpha value is -2.24.